The molecule has 2 nitrogen and oxygen atoms in total. The Hall–Kier alpha value is -6.90. The molecule has 0 unspecified atom stereocenters. The molecule has 296 valence electrons. The molecule has 0 saturated heterocycles. The summed E-state index contributed by atoms with van der Waals surface area (Å²) in [7, 11) is 0. The van der Waals surface area contributed by atoms with Crippen LogP contribution in [0.5, 0.6) is 0 Å². The van der Waals surface area contributed by atoms with Gasteiger partial charge in [-0.1, -0.05) is 170 Å². The molecule has 0 atom stereocenters. The third kappa shape index (κ3) is 5.55. The highest BCUT2D eigenvalue weighted by Gasteiger charge is 2.61. The van der Waals surface area contributed by atoms with Crippen molar-refractivity contribution in [1.82, 2.24) is 9.97 Å². The Balaban J connectivity index is 0.899. The number of nitrogens with zero attached hydrogens (tertiary/aromatic N) is 2. The summed E-state index contributed by atoms with van der Waals surface area (Å²) in [4.78, 5) is 10.4. The smallest absolute Gasteiger partial charge is 0.160 e. The zero-order valence-electron chi connectivity index (χ0n) is 34.7. The quantitative estimate of drug-likeness (QED) is 0.168. The minimum atomic E-state index is 0.128. The monoisotopic (exact) mass is 794 g/mol. The van der Waals surface area contributed by atoms with Crippen molar-refractivity contribution in [3.63, 3.8) is 0 Å². The predicted molar refractivity (Wildman–Crippen MR) is 255 cm³/mol. The number of fused-ring (bicyclic) bond motifs is 4. The molecule has 62 heavy (non-hydrogen) atoms. The van der Waals surface area contributed by atoms with E-state index in [2.05, 4.69) is 188 Å². The number of hydrogen-bond acceptors (Lipinski definition) is 2. The van der Waals surface area contributed by atoms with E-state index in [4.69, 9.17) is 9.97 Å². The Morgan fingerprint density at radius 1 is 0.339 bits per heavy atom. The first-order valence-corrected chi connectivity index (χ1v) is 22.6. The van der Waals surface area contributed by atoms with Crippen LogP contribution in [0.3, 0.4) is 0 Å². The molecule has 0 amide bonds. The largest absolute Gasteiger partial charge is 0.228 e. The molecule has 14 rings (SSSR count). The lowest BCUT2D eigenvalue weighted by Crippen LogP contribution is -2.55. The predicted octanol–water partition coefficient (Wildman–Crippen LogP) is 15.4. The molecule has 4 fully saturated rings. The van der Waals surface area contributed by atoms with Crippen LogP contribution < -0.4 is 0 Å². The summed E-state index contributed by atoms with van der Waals surface area (Å²) in [6.07, 6.45) is 7.03. The van der Waals surface area contributed by atoms with Gasteiger partial charge in [-0.15, -0.1) is 0 Å². The second-order valence-corrected chi connectivity index (χ2v) is 18.5. The van der Waals surface area contributed by atoms with Crippen LogP contribution in [0.4, 0.5) is 0 Å². The van der Waals surface area contributed by atoms with E-state index in [9.17, 15) is 0 Å². The lowest BCUT2D eigenvalue weighted by Gasteiger charge is -2.61. The van der Waals surface area contributed by atoms with Crippen molar-refractivity contribution in [1.29, 1.82) is 0 Å². The molecule has 0 N–H and O–H groups in total. The van der Waals surface area contributed by atoms with Crippen molar-refractivity contribution < 1.29 is 0 Å². The Morgan fingerprint density at radius 2 is 0.887 bits per heavy atom. The molecule has 1 heterocycles. The van der Waals surface area contributed by atoms with Gasteiger partial charge in [0, 0.05) is 22.1 Å². The molecule has 0 radical (unpaired) electrons. The zero-order valence-corrected chi connectivity index (χ0v) is 34.7. The van der Waals surface area contributed by atoms with Crippen molar-refractivity contribution >= 4 is 10.8 Å². The van der Waals surface area contributed by atoms with E-state index in [0.29, 0.717) is 0 Å². The second kappa shape index (κ2) is 14.1. The fraction of sp³-hybridized carbons (Fsp3) is 0.167. The third-order valence-electron chi connectivity index (χ3n) is 15.3. The van der Waals surface area contributed by atoms with Gasteiger partial charge >= 0.3 is 0 Å². The van der Waals surface area contributed by atoms with Gasteiger partial charge in [-0.05, 0) is 146 Å². The highest BCUT2D eigenvalue weighted by molar-refractivity contribution is 5.99. The molecule has 0 aliphatic heterocycles. The van der Waals surface area contributed by atoms with E-state index >= 15 is 0 Å². The molecule has 1 aromatic heterocycles. The number of benzene rings is 8. The standard InChI is InChI=1S/C60H46N2/c1-3-13-41(14-4-1)50-21-9-10-22-52(50)57-37-56(61-59(62-57)43-15-5-2-6-16-43)47-20-11-19-44(34-47)40-25-27-42(28-26-40)51-23-12-24-54-58(51)53-35-45-17-7-8-18-46(45)36-55(53)60(54)48-30-38-29-39(32-48)33-49(60)31-38/h1-28,34-39,48-49H,29-33H2. The van der Waals surface area contributed by atoms with Gasteiger partial charge in [-0.3, -0.25) is 0 Å². The lowest BCUT2D eigenvalue weighted by molar-refractivity contribution is -0.0398. The Morgan fingerprint density at radius 3 is 1.63 bits per heavy atom. The first-order chi connectivity index (χ1) is 30.7. The van der Waals surface area contributed by atoms with E-state index < -0.39 is 0 Å². The summed E-state index contributed by atoms with van der Waals surface area (Å²) in [5.41, 5.74) is 18.6. The molecule has 1 spiro atoms. The van der Waals surface area contributed by atoms with Crippen LogP contribution >= 0.6 is 0 Å². The summed E-state index contributed by atoms with van der Waals surface area (Å²) in [5.74, 6) is 4.03. The van der Waals surface area contributed by atoms with Crippen molar-refractivity contribution in [2.24, 2.45) is 23.7 Å². The molecule has 4 bridgehead atoms. The number of aromatic nitrogens is 2. The molecule has 5 aliphatic carbocycles. The molecule has 4 saturated carbocycles. The fourth-order valence-corrected chi connectivity index (χ4v) is 12.9. The van der Waals surface area contributed by atoms with Crippen LogP contribution in [-0.4, -0.2) is 9.97 Å². The van der Waals surface area contributed by atoms with Crippen molar-refractivity contribution in [2.45, 2.75) is 37.5 Å². The van der Waals surface area contributed by atoms with Gasteiger partial charge in [0.05, 0.1) is 11.4 Å². The van der Waals surface area contributed by atoms with Crippen molar-refractivity contribution in [2.75, 3.05) is 0 Å². The molecular weight excluding hydrogens is 749 g/mol. The average molecular weight is 795 g/mol. The van der Waals surface area contributed by atoms with Crippen LogP contribution in [0.1, 0.15) is 43.2 Å². The fourth-order valence-electron chi connectivity index (χ4n) is 12.9. The minimum Gasteiger partial charge on any atom is -0.228 e. The minimum absolute atomic E-state index is 0.128. The maximum Gasteiger partial charge on any atom is 0.160 e. The van der Waals surface area contributed by atoms with Crippen molar-refractivity contribution in [3.8, 4) is 78.4 Å². The van der Waals surface area contributed by atoms with Crippen LogP contribution in [0.2, 0.25) is 0 Å². The van der Waals surface area contributed by atoms with Crippen LogP contribution in [0.25, 0.3) is 89.2 Å². The van der Waals surface area contributed by atoms with E-state index in [0.717, 1.165) is 63.1 Å². The summed E-state index contributed by atoms with van der Waals surface area (Å²) in [5, 5.41) is 2.72. The SMILES string of the molecule is c1ccc(-c2nc(-c3cccc(-c4ccc(-c5cccc6c5-c5cc7ccccc7cc5C65C6CC7CC(C6)CC5C7)cc4)c3)cc(-c3ccccc3-c3ccccc3)n2)cc1. The Labute approximate surface area is 364 Å². The maximum absolute atomic E-state index is 5.21. The number of rotatable bonds is 6. The van der Waals surface area contributed by atoms with Crippen LogP contribution in [-0.2, 0) is 5.41 Å². The lowest BCUT2D eigenvalue weighted by atomic mass is 9.43. The second-order valence-electron chi connectivity index (χ2n) is 18.5. The normalized spacial score (nSPS) is 21.6. The van der Waals surface area contributed by atoms with Crippen LogP contribution in [0.15, 0.2) is 194 Å². The molecule has 8 aromatic carbocycles. The van der Waals surface area contributed by atoms with Gasteiger partial charge in [0.1, 0.15) is 0 Å². The Kier molecular flexibility index (Phi) is 8.13. The summed E-state index contributed by atoms with van der Waals surface area (Å²) >= 11 is 0. The van der Waals surface area contributed by atoms with E-state index in [1.165, 1.54) is 81.8 Å². The summed E-state index contributed by atoms with van der Waals surface area (Å²) in [6, 6.07) is 71.3. The summed E-state index contributed by atoms with van der Waals surface area (Å²) in [6.45, 7) is 0. The van der Waals surface area contributed by atoms with Crippen molar-refractivity contribution in [3.05, 3.63) is 205 Å². The van der Waals surface area contributed by atoms with Gasteiger partial charge in [0.15, 0.2) is 5.82 Å². The van der Waals surface area contributed by atoms with Gasteiger partial charge in [0.25, 0.3) is 0 Å². The van der Waals surface area contributed by atoms with Gasteiger partial charge in [-0.25, -0.2) is 9.97 Å². The molecule has 9 aromatic rings. The highest BCUT2D eigenvalue weighted by Crippen LogP contribution is 2.70. The average Bonchev–Trinajstić information content (AvgIpc) is 3.62. The zero-order chi connectivity index (χ0) is 40.8. The van der Waals surface area contributed by atoms with Gasteiger partial charge < -0.3 is 0 Å². The summed E-state index contributed by atoms with van der Waals surface area (Å²) < 4.78 is 0. The van der Waals surface area contributed by atoms with Crippen LogP contribution in [0, 0.1) is 23.7 Å². The third-order valence-corrected chi connectivity index (χ3v) is 15.3. The Bertz CT molecular complexity index is 3150. The van der Waals surface area contributed by atoms with E-state index in [1.54, 1.807) is 11.1 Å². The molecule has 5 aliphatic rings. The van der Waals surface area contributed by atoms with E-state index in [1.807, 2.05) is 6.07 Å². The van der Waals surface area contributed by atoms with Gasteiger partial charge in [0.2, 0.25) is 0 Å². The highest BCUT2D eigenvalue weighted by atomic mass is 14.9. The number of hydrogen-bond donors (Lipinski definition) is 0. The molecule has 2 heteroatoms. The van der Waals surface area contributed by atoms with Gasteiger partial charge in [-0.2, -0.15) is 0 Å². The first kappa shape index (κ1) is 35.8. The first-order valence-electron chi connectivity index (χ1n) is 22.6. The maximum atomic E-state index is 5.21. The van der Waals surface area contributed by atoms with E-state index in [-0.39, 0.29) is 5.41 Å². The topological polar surface area (TPSA) is 25.8 Å². The molecular formula is C60H46N2.